The van der Waals surface area contributed by atoms with Crippen LogP contribution in [0.25, 0.3) is 43.1 Å². The summed E-state index contributed by atoms with van der Waals surface area (Å²) in [7, 11) is 0. The second-order valence-electron chi connectivity index (χ2n) is 9.79. The van der Waals surface area contributed by atoms with Crippen molar-refractivity contribution in [2.45, 2.75) is 70.6 Å². The van der Waals surface area contributed by atoms with Crippen molar-refractivity contribution < 1.29 is 9.90 Å². The van der Waals surface area contributed by atoms with Crippen LogP contribution in [0.3, 0.4) is 0 Å². The van der Waals surface area contributed by atoms with Crippen molar-refractivity contribution in [1.82, 2.24) is 0 Å². The van der Waals surface area contributed by atoms with Gasteiger partial charge in [-0.1, -0.05) is 112 Å². The number of hydrogen-bond acceptors (Lipinski definition) is 1. The maximum Gasteiger partial charge on any atom is 0.303 e. The molecule has 5 rings (SSSR count). The third-order valence-corrected chi connectivity index (χ3v) is 7.45. The van der Waals surface area contributed by atoms with Gasteiger partial charge in [-0.15, -0.1) is 0 Å². The molecule has 0 heterocycles. The number of fused-ring (bicyclic) bond motifs is 2. The van der Waals surface area contributed by atoms with Gasteiger partial charge in [0.05, 0.1) is 0 Å². The standard InChI is InChI=1S/C32H34O2/c33-30(34)20-9-7-5-3-1-2-4-6-8-13-23-21-22-29-27-18-11-15-24-14-10-17-26(31(24)27)28-19-12-16-25(23)32(28)29/h10-12,14-19,21-22H,1-9,13,20H2,(H,33,34). The first-order chi connectivity index (χ1) is 16.7. The summed E-state index contributed by atoms with van der Waals surface area (Å²) in [6.07, 6.45) is 12.1. The van der Waals surface area contributed by atoms with Crippen molar-refractivity contribution >= 4 is 49.1 Å². The van der Waals surface area contributed by atoms with Crippen LogP contribution in [0.15, 0.2) is 66.7 Å². The highest BCUT2D eigenvalue weighted by Crippen LogP contribution is 2.41. The number of benzene rings is 5. The molecule has 0 bridgehead atoms. The molecule has 0 saturated heterocycles. The van der Waals surface area contributed by atoms with E-state index in [2.05, 4.69) is 66.7 Å². The molecule has 5 aromatic rings. The summed E-state index contributed by atoms with van der Waals surface area (Å²) >= 11 is 0. The minimum Gasteiger partial charge on any atom is -0.481 e. The molecule has 2 heteroatoms. The van der Waals surface area contributed by atoms with Gasteiger partial charge in [-0.25, -0.2) is 0 Å². The Morgan fingerprint density at radius 1 is 0.529 bits per heavy atom. The van der Waals surface area contributed by atoms with E-state index in [9.17, 15) is 4.79 Å². The van der Waals surface area contributed by atoms with Crippen molar-refractivity contribution in [3.8, 4) is 0 Å². The molecule has 174 valence electrons. The van der Waals surface area contributed by atoms with Crippen LogP contribution in [0.1, 0.15) is 69.8 Å². The summed E-state index contributed by atoms with van der Waals surface area (Å²) in [4.78, 5) is 10.5. The van der Waals surface area contributed by atoms with E-state index in [1.165, 1.54) is 93.6 Å². The lowest BCUT2D eigenvalue weighted by Gasteiger charge is -2.16. The Morgan fingerprint density at radius 2 is 1.03 bits per heavy atom. The van der Waals surface area contributed by atoms with Gasteiger partial charge in [0, 0.05) is 6.42 Å². The number of carboxylic acids is 1. The molecule has 0 amide bonds. The van der Waals surface area contributed by atoms with E-state index in [-0.39, 0.29) is 0 Å². The van der Waals surface area contributed by atoms with Gasteiger partial charge >= 0.3 is 5.97 Å². The molecular formula is C32H34O2. The lowest BCUT2D eigenvalue weighted by Crippen LogP contribution is -1.93. The van der Waals surface area contributed by atoms with Crippen molar-refractivity contribution in [3.63, 3.8) is 0 Å². The zero-order valence-corrected chi connectivity index (χ0v) is 20.0. The van der Waals surface area contributed by atoms with Crippen molar-refractivity contribution in [2.75, 3.05) is 0 Å². The van der Waals surface area contributed by atoms with Crippen LogP contribution in [-0.2, 0) is 11.2 Å². The van der Waals surface area contributed by atoms with E-state index in [0.717, 1.165) is 19.3 Å². The Hall–Kier alpha value is -3.13. The Morgan fingerprint density at radius 3 is 1.68 bits per heavy atom. The second kappa shape index (κ2) is 10.4. The van der Waals surface area contributed by atoms with Gasteiger partial charge in [0.25, 0.3) is 0 Å². The molecule has 2 nitrogen and oxygen atoms in total. The van der Waals surface area contributed by atoms with Crippen LogP contribution in [0.2, 0.25) is 0 Å². The molecule has 0 saturated carbocycles. The number of aliphatic carboxylic acids is 1. The summed E-state index contributed by atoms with van der Waals surface area (Å²) in [5, 5.41) is 19.7. The van der Waals surface area contributed by atoms with Crippen LogP contribution < -0.4 is 0 Å². The summed E-state index contributed by atoms with van der Waals surface area (Å²) < 4.78 is 0. The van der Waals surface area contributed by atoms with Crippen LogP contribution in [0.4, 0.5) is 0 Å². The Kier molecular flexibility index (Phi) is 6.94. The van der Waals surface area contributed by atoms with Gasteiger partial charge in [0.1, 0.15) is 0 Å². The maximum atomic E-state index is 10.5. The molecule has 0 aromatic heterocycles. The first-order valence-corrected chi connectivity index (χ1v) is 13.0. The van der Waals surface area contributed by atoms with Crippen molar-refractivity contribution in [3.05, 3.63) is 72.3 Å². The highest BCUT2D eigenvalue weighted by molar-refractivity contribution is 6.33. The van der Waals surface area contributed by atoms with Gasteiger partial charge in [-0.3, -0.25) is 4.79 Å². The largest absolute Gasteiger partial charge is 0.481 e. The third kappa shape index (κ3) is 4.59. The highest BCUT2D eigenvalue weighted by atomic mass is 16.4. The predicted molar refractivity (Wildman–Crippen MR) is 145 cm³/mol. The summed E-state index contributed by atoms with van der Waals surface area (Å²) in [6, 6.07) is 24.9. The lowest BCUT2D eigenvalue weighted by atomic mass is 9.87. The topological polar surface area (TPSA) is 37.3 Å². The number of rotatable bonds is 12. The van der Waals surface area contributed by atoms with Gasteiger partial charge in [0.15, 0.2) is 0 Å². The minimum absolute atomic E-state index is 0.319. The van der Waals surface area contributed by atoms with Gasteiger partial charge in [-0.05, 0) is 67.9 Å². The van der Waals surface area contributed by atoms with E-state index in [1.807, 2.05) is 0 Å². The molecule has 0 fully saturated rings. The zero-order valence-electron chi connectivity index (χ0n) is 20.0. The molecule has 34 heavy (non-hydrogen) atoms. The quantitative estimate of drug-likeness (QED) is 0.117. The minimum atomic E-state index is -0.669. The predicted octanol–water partition coefficient (Wildman–Crippen LogP) is 9.27. The van der Waals surface area contributed by atoms with Gasteiger partial charge in [-0.2, -0.15) is 0 Å². The average molecular weight is 451 g/mol. The Labute approximate surface area is 201 Å². The SMILES string of the molecule is O=C(O)CCCCCCCCCCCc1ccc2c3cccc4cccc(c5cccc1c52)c43. The number of unbranched alkanes of at least 4 members (excludes halogenated alkanes) is 8. The molecule has 0 atom stereocenters. The molecule has 0 radical (unpaired) electrons. The van der Waals surface area contributed by atoms with E-state index >= 15 is 0 Å². The molecular weight excluding hydrogens is 416 g/mol. The molecule has 0 aliphatic rings. The summed E-state index contributed by atoms with van der Waals surface area (Å²) in [6.45, 7) is 0. The van der Waals surface area contributed by atoms with Crippen molar-refractivity contribution in [2.24, 2.45) is 0 Å². The number of carboxylic acid groups (broad SMARTS) is 1. The highest BCUT2D eigenvalue weighted by Gasteiger charge is 2.14. The number of hydrogen-bond donors (Lipinski definition) is 1. The van der Waals surface area contributed by atoms with Gasteiger partial charge < -0.3 is 5.11 Å². The van der Waals surface area contributed by atoms with Crippen LogP contribution >= 0.6 is 0 Å². The summed E-state index contributed by atoms with van der Waals surface area (Å²) in [5.74, 6) is -0.669. The fourth-order valence-electron chi connectivity index (χ4n) is 5.75. The zero-order chi connectivity index (χ0) is 23.3. The van der Waals surface area contributed by atoms with Crippen LogP contribution in [0, 0.1) is 0 Å². The third-order valence-electron chi connectivity index (χ3n) is 7.45. The molecule has 5 aromatic carbocycles. The summed E-state index contributed by atoms with van der Waals surface area (Å²) in [5.41, 5.74) is 1.48. The molecule has 0 aliphatic carbocycles. The van der Waals surface area contributed by atoms with Crippen molar-refractivity contribution in [1.29, 1.82) is 0 Å². The van der Waals surface area contributed by atoms with Gasteiger partial charge in [0.2, 0.25) is 0 Å². The molecule has 0 aliphatic heterocycles. The molecule has 0 unspecified atom stereocenters. The second-order valence-corrected chi connectivity index (χ2v) is 9.79. The molecule has 1 N–H and O–H groups in total. The number of carbonyl (C=O) groups is 1. The first-order valence-electron chi connectivity index (χ1n) is 13.0. The maximum absolute atomic E-state index is 10.5. The lowest BCUT2D eigenvalue weighted by molar-refractivity contribution is -0.137. The van der Waals surface area contributed by atoms with Crippen LogP contribution in [-0.4, -0.2) is 11.1 Å². The Balaban J connectivity index is 1.23. The Bertz CT molecular complexity index is 1360. The number of aryl methyl sites for hydroxylation is 1. The van der Waals surface area contributed by atoms with Crippen LogP contribution in [0.5, 0.6) is 0 Å². The smallest absolute Gasteiger partial charge is 0.303 e. The average Bonchev–Trinajstić information content (AvgIpc) is 2.86. The monoisotopic (exact) mass is 450 g/mol. The van der Waals surface area contributed by atoms with E-state index < -0.39 is 5.97 Å². The van der Waals surface area contributed by atoms with E-state index in [1.54, 1.807) is 0 Å². The van der Waals surface area contributed by atoms with E-state index in [4.69, 9.17) is 5.11 Å². The van der Waals surface area contributed by atoms with E-state index in [0.29, 0.717) is 6.42 Å². The normalized spacial score (nSPS) is 11.9. The molecule has 0 spiro atoms. The first kappa shape index (κ1) is 22.7. The fourth-order valence-corrected chi connectivity index (χ4v) is 5.75. The fraction of sp³-hybridized carbons (Fsp3) is 0.344.